The molecule has 0 fully saturated rings. The van der Waals surface area contributed by atoms with Gasteiger partial charge in [0, 0.05) is 17.4 Å². The van der Waals surface area contributed by atoms with Crippen LogP contribution < -0.4 is 0 Å². The molecule has 88 valence electrons. The van der Waals surface area contributed by atoms with Crippen LogP contribution in [-0.4, -0.2) is 11.1 Å². The van der Waals surface area contributed by atoms with Crippen molar-refractivity contribution in [3.63, 3.8) is 0 Å². The summed E-state index contributed by atoms with van der Waals surface area (Å²) in [6, 6.07) is 14.8. The zero-order valence-electron chi connectivity index (χ0n) is 9.37. The molecule has 2 rings (SSSR count). The zero-order chi connectivity index (χ0) is 12.5. The maximum atomic E-state index is 9.25. The first-order chi connectivity index (χ1) is 8.22. The number of carboxylic acids is 1. The van der Waals surface area contributed by atoms with Gasteiger partial charge in [0.15, 0.2) is 0 Å². The fourth-order valence-electron chi connectivity index (χ4n) is 1.21. The fourth-order valence-corrected chi connectivity index (χ4v) is 1.95. The third kappa shape index (κ3) is 5.68. The molecule has 1 heterocycles. The van der Waals surface area contributed by atoms with Gasteiger partial charge < -0.3 is 5.11 Å². The van der Waals surface area contributed by atoms with E-state index >= 15 is 0 Å². The SMILES string of the molecule is C=CC(=O)O.c1ccc(Cc2cccs2)cc1. The Morgan fingerprint density at radius 2 is 1.88 bits per heavy atom. The summed E-state index contributed by atoms with van der Waals surface area (Å²) in [5.41, 5.74) is 1.39. The predicted molar refractivity (Wildman–Crippen MR) is 71.4 cm³/mol. The number of aliphatic carboxylic acids is 1. The summed E-state index contributed by atoms with van der Waals surface area (Å²) in [7, 11) is 0. The van der Waals surface area contributed by atoms with E-state index in [1.165, 1.54) is 10.4 Å². The average molecular weight is 246 g/mol. The second kappa shape index (κ2) is 7.41. The topological polar surface area (TPSA) is 37.3 Å². The van der Waals surface area contributed by atoms with Crippen molar-refractivity contribution in [2.24, 2.45) is 0 Å². The normalized spacial score (nSPS) is 8.94. The first kappa shape index (κ1) is 13.2. The smallest absolute Gasteiger partial charge is 0.327 e. The molecule has 1 N–H and O–H groups in total. The minimum atomic E-state index is -0.981. The van der Waals surface area contributed by atoms with Gasteiger partial charge in [-0.3, -0.25) is 0 Å². The van der Waals surface area contributed by atoms with Gasteiger partial charge in [-0.15, -0.1) is 11.3 Å². The Labute approximate surface area is 105 Å². The first-order valence-corrected chi connectivity index (χ1v) is 6.02. The highest BCUT2D eigenvalue weighted by Gasteiger charge is 1.94. The minimum Gasteiger partial charge on any atom is -0.478 e. The summed E-state index contributed by atoms with van der Waals surface area (Å²) in [6.45, 7) is 2.96. The number of carbonyl (C=O) groups is 1. The molecular weight excluding hydrogens is 232 g/mol. The second-order valence-electron chi connectivity index (χ2n) is 3.28. The third-order valence-electron chi connectivity index (χ3n) is 1.98. The Kier molecular flexibility index (Phi) is 5.75. The fraction of sp³-hybridized carbons (Fsp3) is 0.0714. The van der Waals surface area contributed by atoms with E-state index in [9.17, 15) is 4.79 Å². The Morgan fingerprint density at radius 1 is 1.24 bits per heavy atom. The van der Waals surface area contributed by atoms with E-state index in [0.717, 1.165) is 12.5 Å². The zero-order valence-corrected chi connectivity index (χ0v) is 10.2. The largest absolute Gasteiger partial charge is 0.478 e. The molecule has 2 nitrogen and oxygen atoms in total. The summed E-state index contributed by atoms with van der Waals surface area (Å²) in [5.74, 6) is -0.981. The number of benzene rings is 1. The van der Waals surface area contributed by atoms with Gasteiger partial charge in [-0.25, -0.2) is 4.79 Å². The standard InChI is InChI=1S/C11H10S.C3H4O2/c1-2-5-10(6-3-1)9-11-7-4-8-12-11;1-2-3(4)5/h1-8H,9H2;2H,1H2,(H,4,5). The highest BCUT2D eigenvalue weighted by Crippen LogP contribution is 2.13. The molecule has 1 aromatic heterocycles. The van der Waals surface area contributed by atoms with Crippen LogP contribution in [0.2, 0.25) is 0 Å². The van der Waals surface area contributed by atoms with Crippen LogP contribution in [0, 0.1) is 0 Å². The minimum absolute atomic E-state index is 0.833. The summed E-state index contributed by atoms with van der Waals surface area (Å²) in [6.07, 6.45) is 1.90. The lowest BCUT2D eigenvalue weighted by atomic mass is 10.1. The first-order valence-electron chi connectivity index (χ1n) is 5.14. The lowest BCUT2D eigenvalue weighted by Crippen LogP contribution is -1.82. The van der Waals surface area contributed by atoms with Gasteiger partial charge in [-0.1, -0.05) is 43.0 Å². The van der Waals surface area contributed by atoms with Crippen molar-refractivity contribution in [3.05, 3.63) is 70.9 Å². The van der Waals surface area contributed by atoms with E-state index in [1.54, 1.807) is 0 Å². The number of carboxylic acid groups (broad SMARTS) is 1. The van der Waals surface area contributed by atoms with E-state index in [4.69, 9.17) is 5.11 Å². The van der Waals surface area contributed by atoms with Crippen LogP contribution in [0.5, 0.6) is 0 Å². The number of thiophene rings is 1. The van der Waals surface area contributed by atoms with Crippen LogP contribution in [0.25, 0.3) is 0 Å². The van der Waals surface area contributed by atoms with Crippen molar-refractivity contribution >= 4 is 17.3 Å². The highest BCUT2D eigenvalue weighted by molar-refractivity contribution is 7.09. The summed E-state index contributed by atoms with van der Waals surface area (Å²) >= 11 is 1.82. The molecule has 0 spiro atoms. The van der Waals surface area contributed by atoms with Crippen molar-refractivity contribution in [3.8, 4) is 0 Å². The average Bonchev–Trinajstić information content (AvgIpc) is 2.84. The van der Waals surface area contributed by atoms with Gasteiger partial charge in [0.05, 0.1) is 0 Å². The number of rotatable bonds is 3. The maximum Gasteiger partial charge on any atom is 0.327 e. The van der Waals surface area contributed by atoms with E-state index in [2.05, 4.69) is 54.4 Å². The quantitative estimate of drug-likeness (QED) is 0.840. The van der Waals surface area contributed by atoms with Gasteiger partial charge >= 0.3 is 5.97 Å². The molecule has 0 saturated carbocycles. The Balaban J connectivity index is 0.000000249. The Bertz CT molecular complexity index is 446. The van der Waals surface area contributed by atoms with Crippen LogP contribution in [0.1, 0.15) is 10.4 Å². The van der Waals surface area contributed by atoms with Crippen LogP contribution in [0.15, 0.2) is 60.5 Å². The van der Waals surface area contributed by atoms with E-state index in [1.807, 2.05) is 11.3 Å². The summed E-state index contributed by atoms with van der Waals surface area (Å²) < 4.78 is 0. The molecule has 0 atom stereocenters. The molecule has 0 radical (unpaired) electrons. The summed E-state index contributed by atoms with van der Waals surface area (Å²) in [4.78, 5) is 10.7. The summed E-state index contributed by atoms with van der Waals surface area (Å²) in [5, 5.41) is 9.73. The molecule has 0 bridgehead atoms. The molecule has 0 amide bonds. The highest BCUT2D eigenvalue weighted by atomic mass is 32.1. The van der Waals surface area contributed by atoms with Crippen molar-refractivity contribution in [2.45, 2.75) is 6.42 Å². The lowest BCUT2D eigenvalue weighted by Gasteiger charge is -1.96. The lowest BCUT2D eigenvalue weighted by molar-refractivity contribution is -0.131. The Hall–Kier alpha value is -1.87. The number of hydrogen-bond acceptors (Lipinski definition) is 2. The molecule has 0 aliphatic heterocycles. The molecular formula is C14H14O2S. The molecule has 17 heavy (non-hydrogen) atoms. The predicted octanol–water partition coefficient (Wildman–Crippen LogP) is 3.60. The van der Waals surface area contributed by atoms with Crippen LogP contribution in [0.4, 0.5) is 0 Å². The molecule has 0 saturated heterocycles. The molecule has 0 aliphatic carbocycles. The van der Waals surface area contributed by atoms with Crippen LogP contribution in [0.3, 0.4) is 0 Å². The molecule has 1 aromatic carbocycles. The molecule has 0 aliphatic rings. The molecule has 2 aromatic rings. The van der Waals surface area contributed by atoms with Gasteiger partial charge in [0.2, 0.25) is 0 Å². The maximum absolute atomic E-state index is 9.25. The van der Waals surface area contributed by atoms with Crippen molar-refractivity contribution in [2.75, 3.05) is 0 Å². The van der Waals surface area contributed by atoms with Gasteiger partial charge in [-0.2, -0.15) is 0 Å². The van der Waals surface area contributed by atoms with E-state index in [-0.39, 0.29) is 0 Å². The van der Waals surface area contributed by atoms with Crippen molar-refractivity contribution in [1.82, 2.24) is 0 Å². The van der Waals surface area contributed by atoms with Crippen molar-refractivity contribution in [1.29, 1.82) is 0 Å². The molecule has 3 heteroatoms. The van der Waals surface area contributed by atoms with Gasteiger partial charge in [0.1, 0.15) is 0 Å². The van der Waals surface area contributed by atoms with Crippen molar-refractivity contribution < 1.29 is 9.90 Å². The van der Waals surface area contributed by atoms with E-state index in [0.29, 0.717) is 0 Å². The Morgan fingerprint density at radius 3 is 2.35 bits per heavy atom. The number of hydrogen-bond donors (Lipinski definition) is 1. The van der Waals surface area contributed by atoms with Gasteiger partial charge in [-0.05, 0) is 17.0 Å². The molecule has 0 unspecified atom stereocenters. The third-order valence-corrected chi connectivity index (χ3v) is 2.85. The monoisotopic (exact) mass is 246 g/mol. The van der Waals surface area contributed by atoms with Crippen LogP contribution in [-0.2, 0) is 11.2 Å². The van der Waals surface area contributed by atoms with E-state index < -0.39 is 5.97 Å². The van der Waals surface area contributed by atoms with Crippen LogP contribution >= 0.6 is 11.3 Å². The van der Waals surface area contributed by atoms with Gasteiger partial charge in [0.25, 0.3) is 0 Å². The second-order valence-corrected chi connectivity index (χ2v) is 4.32.